The quantitative estimate of drug-likeness (QED) is 0.670. The Bertz CT molecular complexity index is 493. The molecule has 0 heterocycles. The third-order valence-corrected chi connectivity index (χ3v) is 2.99. The van der Waals surface area contributed by atoms with Crippen molar-refractivity contribution in [1.29, 1.82) is 0 Å². The fourth-order valence-corrected chi connectivity index (χ4v) is 2.03. The zero-order valence-electron chi connectivity index (χ0n) is 12.5. The second kappa shape index (κ2) is 4.76. The normalized spacial score (nSPS) is 12.3. The first-order valence-corrected chi connectivity index (χ1v) is 6.31. The number of nitrogens with one attached hydrogen (secondary N) is 1. The van der Waals surface area contributed by atoms with E-state index in [1.165, 1.54) is 0 Å². The van der Waals surface area contributed by atoms with Crippen LogP contribution in [0.15, 0.2) is 12.1 Å². The van der Waals surface area contributed by atoms with Crippen LogP contribution >= 0.6 is 0 Å². The van der Waals surface area contributed by atoms with Crippen molar-refractivity contribution in [3.05, 3.63) is 23.3 Å². The van der Waals surface area contributed by atoms with Crippen molar-refractivity contribution in [3.8, 4) is 5.75 Å². The molecular weight excluding hydrogens is 242 g/mol. The molecule has 3 N–H and O–H groups in total. The molecule has 0 saturated carbocycles. The minimum atomic E-state index is -1.10. The SMILES string of the molecule is CC(C)(C)c1cc(NC(=O)O)c(C(C)(C)C)cc1O. The highest BCUT2D eigenvalue weighted by Crippen LogP contribution is 2.39. The van der Waals surface area contributed by atoms with Crippen LogP contribution in [-0.4, -0.2) is 16.3 Å². The van der Waals surface area contributed by atoms with Gasteiger partial charge in [-0.25, -0.2) is 4.79 Å². The van der Waals surface area contributed by atoms with E-state index < -0.39 is 6.09 Å². The maximum absolute atomic E-state index is 10.9. The smallest absolute Gasteiger partial charge is 0.409 e. The summed E-state index contributed by atoms with van der Waals surface area (Å²) in [6, 6.07) is 3.38. The van der Waals surface area contributed by atoms with Gasteiger partial charge < -0.3 is 10.2 Å². The van der Waals surface area contributed by atoms with Crippen LogP contribution in [0, 0.1) is 0 Å². The molecule has 0 atom stereocenters. The molecule has 0 saturated heterocycles. The van der Waals surface area contributed by atoms with Crippen molar-refractivity contribution in [3.63, 3.8) is 0 Å². The number of amides is 1. The zero-order valence-corrected chi connectivity index (χ0v) is 12.5. The van der Waals surface area contributed by atoms with Crippen molar-refractivity contribution in [2.45, 2.75) is 52.4 Å². The van der Waals surface area contributed by atoms with E-state index in [9.17, 15) is 9.90 Å². The number of phenols is 1. The zero-order chi connectivity index (χ0) is 15.0. The van der Waals surface area contributed by atoms with Crippen molar-refractivity contribution < 1.29 is 15.0 Å². The third kappa shape index (κ3) is 3.63. The Hall–Kier alpha value is -1.71. The summed E-state index contributed by atoms with van der Waals surface area (Å²) in [7, 11) is 0. The fraction of sp³-hybridized carbons (Fsp3) is 0.533. The maximum Gasteiger partial charge on any atom is 0.409 e. The molecule has 0 spiro atoms. The molecule has 1 aromatic carbocycles. The molecule has 1 aromatic rings. The summed E-state index contributed by atoms with van der Waals surface area (Å²) in [6.45, 7) is 11.9. The first-order valence-electron chi connectivity index (χ1n) is 6.31. The van der Waals surface area contributed by atoms with Gasteiger partial charge in [0.1, 0.15) is 5.75 Å². The number of carbonyl (C=O) groups is 1. The topological polar surface area (TPSA) is 69.6 Å². The van der Waals surface area contributed by atoms with Crippen LogP contribution in [0.5, 0.6) is 5.75 Å². The monoisotopic (exact) mass is 265 g/mol. The lowest BCUT2D eigenvalue weighted by molar-refractivity contribution is 0.209. The molecule has 0 aliphatic carbocycles. The van der Waals surface area contributed by atoms with E-state index in [1.807, 2.05) is 41.5 Å². The van der Waals surface area contributed by atoms with Crippen molar-refractivity contribution in [2.75, 3.05) is 5.32 Å². The lowest BCUT2D eigenvalue weighted by Crippen LogP contribution is -2.20. The molecule has 19 heavy (non-hydrogen) atoms. The summed E-state index contributed by atoms with van der Waals surface area (Å²) in [6.07, 6.45) is -1.10. The minimum absolute atomic E-state index is 0.202. The van der Waals surface area contributed by atoms with Crippen LogP contribution in [-0.2, 0) is 10.8 Å². The Labute approximate surface area is 114 Å². The molecule has 0 aromatic heterocycles. The van der Waals surface area contributed by atoms with Crippen molar-refractivity contribution in [1.82, 2.24) is 0 Å². The molecule has 0 unspecified atom stereocenters. The van der Waals surface area contributed by atoms with E-state index in [4.69, 9.17) is 5.11 Å². The van der Waals surface area contributed by atoms with Gasteiger partial charge >= 0.3 is 6.09 Å². The van der Waals surface area contributed by atoms with Crippen LogP contribution in [0.1, 0.15) is 52.7 Å². The number of aromatic hydroxyl groups is 1. The Kier molecular flexibility index (Phi) is 3.84. The van der Waals surface area contributed by atoms with E-state index in [2.05, 4.69) is 5.32 Å². The summed E-state index contributed by atoms with van der Waals surface area (Å²) in [4.78, 5) is 10.9. The molecule has 0 fully saturated rings. The number of rotatable bonds is 1. The Morgan fingerprint density at radius 2 is 1.47 bits per heavy atom. The fourth-order valence-electron chi connectivity index (χ4n) is 2.03. The average Bonchev–Trinajstić information content (AvgIpc) is 2.16. The molecule has 0 bridgehead atoms. The number of anilines is 1. The minimum Gasteiger partial charge on any atom is -0.508 e. The van der Waals surface area contributed by atoms with Gasteiger partial charge in [0.05, 0.1) is 0 Å². The van der Waals surface area contributed by atoms with Gasteiger partial charge in [0.15, 0.2) is 0 Å². The first kappa shape index (κ1) is 15.3. The number of phenolic OH excluding ortho intramolecular Hbond substituents is 1. The summed E-state index contributed by atoms with van der Waals surface area (Å²) >= 11 is 0. The maximum atomic E-state index is 10.9. The van der Waals surface area contributed by atoms with Gasteiger partial charge in [-0.1, -0.05) is 41.5 Å². The molecule has 4 heteroatoms. The van der Waals surface area contributed by atoms with Gasteiger partial charge in [-0.05, 0) is 28.5 Å². The van der Waals surface area contributed by atoms with Gasteiger partial charge in [-0.3, -0.25) is 5.32 Å². The summed E-state index contributed by atoms with van der Waals surface area (Å²) < 4.78 is 0. The van der Waals surface area contributed by atoms with Crippen LogP contribution < -0.4 is 5.32 Å². The molecule has 1 amide bonds. The molecule has 0 aliphatic rings. The molecule has 106 valence electrons. The van der Waals surface area contributed by atoms with E-state index in [0.29, 0.717) is 5.69 Å². The molecule has 0 radical (unpaired) electrons. The van der Waals surface area contributed by atoms with E-state index in [1.54, 1.807) is 12.1 Å². The van der Waals surface area contributed by atoms with Crippen LogP contribution in [0.25, 0.3) is 0 Å². The Morgan fingerprint density at radius 1 is 1.00 bits per heavy atom. The summed E-state index contributed by atoms with van der Waals surface area (Å²) in [5.41, 5.74) is 1.52. The molecular formula is C15H23NO3. The summed E-state index contributed by atoms with van der Waals surface area (Å²) in [5, 5.41) is 21.5. The predicted molar refractivity (Wildman–Crippen MR) is 77.2 cm³/mol. The van der Waals surface area contributed by atoms with Crippen molar-refractivity contribution >= 4 is 11.8 Å². The number of benzene rings is 1. The second-order valence-electron chi connectivity index (χ2n) is 6.85. The van der Waals surface area contributed by atoms with Crippen LogP contribution in [0.3, 0.4) is 0 Å². The average molecular weight is 265 g/mol. The Balaban J connectivity index is 3.50. The Morgan fingerprint density at radius 3 is 1.84 bits per heavy atom. The molecule has 0 aliphatic heterocycles. The standard InChI is InChI=1S/C15H23NO3/c1-14(2,3)9-8-12(17)10(15(4,5)6)7-11(9)16-13(18)19/h7-8,16-17H,1-6H3,(H,18,19). The van der Waals surface area contributed by atoms with Crippen molar-refractivity contribution in [2.24, 2.45) is 0 Å². The second-order valence-corrected chi connectivity index (χ2v) is 6.85. The van der Waals surface area contributed by atoms with Crippen LogP contribution in [0.4, 0.5) is 10.5 Å². The molecule has 1 rings (SSSR count). The predicted octanol–water partition coefficient (Wildman–Crippen LogP) is 4.08. The highest BCUT2D eigenvalue weighted by Gasteiger charge is 2.25. The molecule has 4 nitrogen and oxygen atoms in total. The lowest BCUT2D eigenvalue weighted by Gasteiger charge is -2.27. The number of carboxylic acid groups (broad SMARTS) is 1. The van der Waals surface area contributed by atoms with Gasteiger partial charge in [0, 0.05) is 11.3 Å². The van der Waals surface area contributed by atoms with Crippen LogP contribution in [0.2, 0.25) is 0 Å². The highest BCUT2D eigenvalue weighted by atomic mass is 16.4. The van der Waals surface area contributed by atoms with Gasteiger partial charge in [-0.15, -0.1) is 0 Å². The number of hydrogen-bond donors (Lipinski definition) is 3. The first-order chi connectivity index (χ1) is 8.43. The number of hydrogen-bond acceptors (Lipinski definition) is 2. The van der Waals surface area contributed by atoms with Gasteiger partial charge in [0.25, 0.3) is 0 Å². The van der Waals surface area contributed by atoms with Gasteiger partial charge in [0.2, 0.25) is 0 Å². The highest BCUT2D eigenvalue weighted by molar-refractivity contribution is 5.85. The van der Waals surface area contributed by atoms with E-state index >= 15 is 0 Å². The summed E-state index contributed by atoms with van der Waals surface area (Å²) in [5.74, 6) is 0.202. The lowest BCUT2D eigenvalue weighted by atomic mass is 9.80. The van der Waals surface area contributed by atoms with E-state index in [0.717, 1.165) is 11.1 Å². The third-order valence-electron chi connectivity index (χ3n) is 2.99. The largest absolute Gasteiger partial charge is 0.508 e. The van der Waals surface area contributed by atoms with E-state index in [-0.39, 0.29) is 16.6 Å². The van der Waals surface area contributed by atoms with Gasteiger partial charge in [-0.2, -0.15) is 0 Å².